The van der Waals surface area contributed by atoms with E-state index in [0.717, 1.165) is 43.4 Å². The van der Waals surface area contributed by atoms with Crippen LogP contribution in [-0.4, -0.2) is 43.8 Å². The van der Waals surface area contributed by atoms with Gasteiger partial charge in [-0.1, -0.05) is 18.2 Å². The van der Waals surface area contributed by atoms with E-state index in [1.807, 2.05) is 49.5 Å². The second-order valence-electron chi connectivity index (χ2n) is 6.67. The molecule has 1 saturated heterocycles. The normalized spacial score (nSPS) is 14.0. The zero-order valence-corrected chi connectivity index (χ0v) is 15.8. The van der Waals surface area contributed by atoms with Gasteiger partial charge in [-0.15, -0.1) is 0 Å². The number of carbonyl (C=O) groups excluding carboxylic acids is 1. The predicted molar refractivity (Wildman–Crippen MR) is 105 cm³/mol. The van der Waals surface area contributed by atoms with Crippen LogP contribution in [0.4, 0.5) is 5.82 Å². The minimum absolute atomic E-state index is 0.0279. The Kier molecular flexibility index (Phi) is 7.04. The molecule has 6 heteroatoms. The van der Waals surface area contributed by atoms with Crippen molar-refractivity contribution in [2.45, 2.75) is 26.3 Å². The summed E-state index contributed by atoms with van der Waals surface area (Å²) in [6.07, 6.45) is 2.96. The molecule has 1 fully saturated rings. The molecule has 0 bridgehead atoms. The maximum atomic E-state index is 12.0. The Balaban J connectivity index is 1.34. The van der Waals surface area contributed by atoms with E-state index >= 15 is 0 Å². The fourth-order valence-electron chi connectivity index (χ4n) is 2.92. The van der Waals surface area contributed by atoms with Gasteiger partial charge in [0.15, 0.2) is 0 Å². The molecule has 0 aliphatic carbocycles. The Bertz CT molecular complexity index is 728. The minimum atomic E-state index is 0.0279. The van der Waals surface area contributed by atoms with Crippen molar-refractivity contribution < 1.29 is 14.3 Å². The number of carbonyl (C=O) groups is 1. The molecule has 144 valence electrons. The molecule has 2 heterocycles. The summed E-state index contributed by atoms with van der Waals surface area (Å²) in [5, 5.41) is 2.94. The van der Waals surface area contributed by atoms with Gasteiger partial charge >= 0.3 is 0 Å². The first-order valence-electron chi connectivity index (χ1n) is 9.44. The highest BCUT2D eigenvalue weighted by atomic mass is 16.5. The molecule has 1 aliphatic heterocycles. The third-order valence-corrected chi connectivity index (χ3v) is 4.44. The summed E-state index contributed by atoms with van der Waals surface area (Å²) in [5.41, 5.74) is 2.16. The third kappa shape index (κ3) is 6.25. The summed E-state index contributed by atoms with van der Waals surface area (Å²) >= 11 is 0. The van der Waals surface area contributed by atoms with Crippen LogP contribution in [0.3, 0.4) is 0 Å². The number of anilines is 1. The summed E-state index contributed by atoms with van der Waals surface area (Å²) in [7, 11) is 0. The van der Waals surface area contributed by atoms with Crippen molar-refractivity contribution in [2.75, 3.05) is 37.8 Å². The molecule has 3 rings (SSSR count). The van der Waals surface area contributed by atoms with Gasteiger partial charge in [0, 0.05) is 32.3 Å². The van der Waals surface area contributed by atoms with Crippen molar-refractivity contribution in [1.82, 2.24) is 10.3 Å². The van der Waals surface area contributed by atoms with Crippen molar-refractivity contribution in [3.8, 4) is 5.75 Å². The van der Waals surface area contributed by atoms with E-state index in [9.17, 15) is 4.79 Å². The van der Waals surface area contributed by atoms with E-state index in [1.165, 1.54) is 5.56 Å². The molecule has 0 radical (unpaired) electrons. The molecule has 1 N–H and O–H groups in total. The number of benzene rings is 1. The largest absolute Gasteiger partial charge is 0.494 e. The van der Waals surface area contributed by atoms with Gasteiger partial charge in [-0.05, 0) is 42.7 Å². The second kappa shape index (κ2) is 9.92. The molecular formula is C21H27N3O3. The molecule has 0 atom stereocenters. The standard InChI is InChI=1S/C21H27N3O3/c1-17-4-2-5-19(14-17)27-11-3-6-21(25)23-16-18-7-8-20(22-15-18)24-9-12-26-13-10-24/h2,4-5,7-8,14-15H,3,6,9-13,16H2,1H3,(H,23,25). The number of hydrogen-bond donors (Lipinski definition) is 1. The molecule has 27 heavy (non-hydrogen) atoms. The minimum Gasteiger partial charge on any atom is -0.494 e. The lowest BCUT2D eigenvalue weighted by atomic mass is 10.2. The van der Waals surface area contributed by atoms with Crippen LogP contribution < -0.4 is 15.0 Å². The molecule has 1 amide bonds. The SMILES string of the molecule is Cc1cccc(OCCCC(=O)NCc2ccc(N3CCOCC3)nc2)c1. The van der Waals surface area contributed by atoms with Crippen LogP contribution in [0.15, 0.2) is 42.6 Å². The van der Waals surface area contributed by atoms with Crippen molar-refractivity contribution >= 4 is 11.7 Å². The number of morpholine rings is 1. The molecule has 1 aromatic carbocycles. The number of rotatable bonds is 8. The second-order valence-corrected chi connectivity index (χ2v) is 6.67. The lowest BCUT2D eigenvalue weighted by Gasteiger charge is -2.27. The molecule has 1 aliphatic rings. The Morgan fingerprint density at radius 2 is 2.11 bits per heavy atom. The molecule has 0 saturated carbocycles. The van der Waals surface area contributed by atoms with Crippen molar-refractivity contribution in [3.63, 3.8) is 0 Å². The molecule has 0 unspecified atom stereocenters. The van der Waals surface area contributed by atoms with Gasteiger partial charge in [0.25, 0.3) is 0 Å². The van der Waals surface area contributed by atoms with E-state index in [4.69, 9.17) is 9.47 Å². The number of aromatic nitrogens is 1. The molecule has 6 nitrogen and oxygen atoms in total. The first-order valence-corrected chi connectivity index (χ1v) is 9.44. The first-order chi connectivity index (χ1) is 13.2. The van der Waals surface area contributed by atoms with Crippen LogP contribution in [0.2, 0.25) is 0 Å². The van der Waals surface area contributed by atoms with Crippen molar-refractivity contribution in [2.24, 2.45) is 0 Å². The smallest absolute Gasteiger partial charge is 0.220 e. The van der Waals surface area contributed by atoms with Crippen LogP contribution in [0.1, 0.15) is 24.0 Å². The summed E-state index contributed by atoms with van der Waals surface area (Å²) in [5.74, 6) is 1.84. The number of hydrogen-bond acceptors (Lipinski definition) is 5. The van der Waals surface area contributed by atoms with E-state index in [-0.39, 0.29) is 5.91 Å². The lowest BCUT2D eigenvalue weighted by molar-refractivity contribution is -0.121. The zero-order chi connectivity index (χ0) is 18.9. The first kappa shape index (κ1) is 19.2. The fourth-order valence-corrected chi connectivity index (χ4v) is 2.92. The quantitative estimate of drug-likeness (QED) is 0.725. The Morgan fingerprint density at radius 1 is 1.26 bits per heavy atom. The van der Waals surface area contributed by atoms with Crippen LogP contribution in [0.25, 0.3) is 0 Å². The number of pyridine rings is 1. The van der Waals surface area contributed by atoms with Crippen LogP contribution in [-0.2, 0) is 16.1 Å². The van der Waals surface area contributed by atoms with Crippen molar-refractivity contribution in [3.05, 3.63) is 53.7 Å². The molecule has 0 spiro atoms. The monoisotopic (exact) mass is 369 g/mol. The van der Waals surface area contributed by atoms with Crippen LogP contribution >= 0.6 is 0 Å². The van der Waals surface area contributed by atoms with Gasteiger partial charge in [-0.3, -0.25) is 4.79 Å². The van der Waals surface area contributed by atoms with Crippen LogP contribution in [0, 0.1) is 6.92 Å². The van der Waals surface area contributed by atoms with Gasteiger partial charge in [-0.2, -0.15) is 0 Å². The van der Waals surface area contributed by atoms with Gasteiger partial charge in [0.1, 0.15) is 11.6 Å². The number of nitrogens with zero attached hydrogens (tertiary/aromatic N) is 2. The maximum absolute atomic E-state index is 12.0. The zero-order valence-electron chi connectivity index (χ0n) is 15.8. The number of ether oxygens (including phenoxy) is 2. The summed E-state index contributed by atoms with van der Waals surface area (Å²) < 4.78 is 11.0. The molecule has 1 aromatic heterocycles. The van der Waals surface area contributed by atoms with E-state index in [0.29, 0.717) is 26.0 Å². The average Bonchev–Trinajstić information content (AvgIpc) is 2.71. The highest BCUT2D eigenvalue weighted by molar-refractivity contribution is 5.75. The van der Waals surface area contributed by atoms with E-state index in [1.54, 1.807) is 0 Å². The molecular weight excluding hydrogens is 342 g/mol. The Labute approximate surface area is 160 Å². The highest BCUT2D eigenvalue weighted by Crippen LogP contribution is 2.14. The van der Waals surface area contributed by atoms with Crippen LogP contribution in [0.5, 0.6) is 5.75 Å². The third-order valence-electron chi connectivity index (χ3n) is 4.44. The number of nitrogens with one attached hydrogen (secondary N) is 1. The van der Waals surface area contributed by atoms with E-state index < -0.39 is 0 Å². The summed E-state index contributed by atoms with van der Waals surface area (Å²) in [4.78, 5) is 18.7. The van der Waals surface area contributed by atoms with E-state index in [2.05, 4.69) is 15.2 Å². The number of aryl methyl sites for hydroxylation is 1. The van der Waals surface area contributed by atoms with Gasteiger partial charge in [0.2, 0.25) is 5.91 Å². The summed E-state index contributed by atoms with van der Waals surface area (Å²) in [6, 6.07) is 11.9. The molecule has 2 aromatic rings. The summed E-state index contributed by atoms with van der Waals surface area (Å²) in [6.45, 7) is 6.28. The highest BCUT2D eigenvalue weighted by Gasteiger charge is 2.12. The predicted octanol–water partition coefficient (Wildman–Crippen LogP) is 2.70. The van der Waals surface area contributed by atoms with Gasteiger partial charge < -0.3 is 19.7 Å². The number of amides is 1. The Hall–Kier alpha value is -2.60. The fraction of sp³-hybridized carbons (Fsp3) is 0.429. The topological polar surface area (TPSA) is 63.7 Å². The average molecular weight is 369 g/mol. The van der Waals surface area contributed by atoms with Crippen molar-refractivity contribution in [1.29, 1.82) is 0 Å². The lowest BCUT2D eigenvalue weighted by Crippen LogP contribution is -2.36. The van der Waals surface area contributed by atoms with Gasteiger partial charge in [0.05, 0.1) is 19.8 Å². The van der Waals surface area contributed by atoms with Gasteiger partial charge in [-0.25, -0.2) is 4.98 Å². The Morgan fingerprint density at radius 3 is 2.85 bits per heavy atom. The maximum Gasteiger partial charge on any atom is 0.220 e.